The average molecular weight is 390 g/mol. The summed E-state index contributed by atoms with van der Waals surface area (Å²) in [6.45, 7) is 0. The van der Waals surface area contributed by atoms with Gasteiger partial charge in [-0.2, -0.15) is 0 Å². The summed E-state index contributed by atoms with van der Waals surface area (Å²) in [5, 5.41) is 3.09. The molecule has 0 aliphatic heterocycles. The van der Waals surface area contributed by atoms with E-state index in [1.54, 1.807) is 42.5 Å². The summed E-state index contributed by atoms with van der Waals surface area (Å²) >= 11 is 0. The summed E-state index contributed by atoms with van der Waals surface area (Å²) < 4.78 is 16.0. The lowest BCUT2D eigenvalue weighted by Gasteiger charge is -2.12. The summed E-state index contributed by atoms with van der Waals surface area (Å²) in [7, 11) is 1.46. The Hall–Kier alpha value is -3.87. The van der Waals surface area contributed by atoms with Gasteiger partial charge in [-0.3, -0.25) is 5.32 Å². The second kappa shape index (κ2) is 8.02. The second-order valence-electron chi connectivity index (χ2n) is 6.34. The van der Waals surface area contributed by atoms with Crippen molar-refractivity contribution in [2.75, 3.05) is 7.11 Å². The molecule has 1 aromatic heterocycles. The van der Waals surface area contributed by atoms with Crippen LogP contribution in [0.4, 0.5) is 4.79 Å². The van der Waals surface area contributed by atoms with Crippen molar-refractivity contribution < 1.29 is 18.7 Å². The SMILES string of the molecule is COc1cc(-c2nc3ccccc3c(=O)o2)ccc1OC(=O)NC1=CCCC=C1. The Labute approximate surface area is 166 Å². The van der Waals surface area contributed by atoms with E-state index in [2.05, 4.69) is 10.3 Å². The van der Waals surface area contributed by atoms with Crippen LogP contribution < -0.4 is 20.4 Å². The molecule has 2 aromatic carbocycles. The van der Waals surface area contributed by atoms with Crippen molar-refractivity contribution in [3.05, 3.63) is 76.8 Å². The molecule has 7 heteroatoms. The number of rotatable bonds is 4. The molecule has 0 unspecified atom stereocenters. The number of nitrogens with one attached hydrogen (secondary N) is 1. The van der Waals surface area contributed by atoms with E-state index in [1.165, 1.54) is 7.11 Å². The predicted octanol–water partition coefficient (Wildman–Crippen LogP) is 4.19. The molecule has 146 valence electrons. The number of amides is 1. The van der Waals surface area contributed by atoms with Gasteiger partial charge in [0.1, 0.15) is 0 Å². The molecule has 1 N–H and O–H groups in total. The van der Waals surface area contributed by atoms with Crippen molar-refractivity contribution in [1.29, 1.82) is 0 Å². The van der Waals surface area contributed by atoms with Crippen LogP contribution in [0.5, 0.6) is 11.5 Å². The van der Waals surface area contributed by atoms with Crippen LogP contribution in [0.3, 0.4) is 0 Å². The molecule has 0 saturated carbocycles. The molecule has 0 radical (unpaired) electrons. The minimum absolute atomic E-state index is 0.153. The fourth-order valence-electron chi connectivity index (χ4n) is 2.98. The Morgan fingerprint density at radius 3 is 2.79 bits per heavy atom. The van der Waals surface area contributed by atoms with E-state index < -0.39 is 11.7 Å². The summed E-state index contributed by atoms with van der Waals surface area (Å²) in [4.78, 5) is 28.8. The van der Waals surface area contributed by atoms with Crippen molar-refractivity contribution in [1.82, 2.24) is 10.3 Å². The monoisotopic (exact) mass is 390 g/mol. The van der Waals surface area contributed by atoms with Crippen LogP contribution in [-0.4, -0.2) is 18.2 Å². The van der Waals surface area contributed by atoms with Crippen LogP contribution in [0.25, 0.3) is 22.4 Å². The van der Waals surface area contributed by atoms with Crippen LogP contribution in [0.1, 0.15) is 12.8 Å². The first-order valence-electron chi connectivity index (χ1n) is 9.08. The molecule has 0 spiro atoms. The number of carbonyl (C=O) groups excluding carboxylic acids is 1. The molecule has 3 aromatic rings. The van der Waals surface area contributed by atoms with Gasteiger partial charge in [-0.25, -0.2) is 14.6 Å². The summed E-state index contributed by atoms with van der Waals surface area (Å²) in [5.74, 6) is 0.696. The molecular formula is C22H18N2O5. The lowest BCUT2D eigenvalue weighted by molar-refractivity contribution is 0.201. The lowest BCUT2D eigenvalue weighted by Crippen LogP contribution is -2.26. The number of ether oxygens (including phenoxy) is 2. The molecule has 1 heterocycles. The third kappa shape index (κ3) is 4.03. The van der Waals surface area contributed by atoms with Crippen molar-refractivity contribution in [2.24, 2.45) is 0 Å². The van der Waals surface area contributed by atoms with Crippen LogP contribution in [0.15, 0.2) is 75.6 Å². The van der Waals surface area contributed by atoms with Gasteiger partial charge in [-0.1, -0.05) is 24.3 Å². The maximum absolute atomic E-state index is 12.2. The highest BCUT2D eigenvalue weighted by Crippen LogP contribution is 2.32. The van der Waals surface area contributed by atoms with E-state index in [4.69, 9.17) is 13.9 Å². The smallest absolute Gasteiger partial charge is 0.417 e. The summed E-state index contributed by atoms with van der Waals surface area (Å²) in [6, 6.07) is 11.8. The van der Waals surface area contributed by atoms with Crippen molar-refractivity contribution >= 4 is 17.0 Å². The predicted molar refractivity (Wildman–Crippen MR) is 108 cm³/mol. The van der Waals surface area contributed by atoms with Gasteiger partial charge in [0, 0.05) is 11.3 Å². The molecule has 29 heavy (non-hydrogen) atoms. The first kappa shape index (κ1) is 18.5. The third-order valence-corrected chi connectivity index (χ3v) is 4.39. The topological polar surface area (TPSA) is 90.7 Å². The zero-order valence-corrected chi connectivity index (χ0v) is 15.7. The quantitative estimate of drug-likeness (QED) is 0.718. The van der Waals surface area contributed by atoms with E-state index >= 15 is 0 Å². The highest BCUT2D eigenvalue weighted by Gasteiger charge is 2.15. The molecule has 7 nitrogen and oxygen atoms in total. The van der Waals surface area contributed by atoms with E-state index in [9.17, 15) is 9.59 Å². The van der Waals surface area contributed by atoms with E-state index in [0.29, 0.717) is 27.9 Å². The zero-order chi connectivity index (χ0) is 20.2. The lowest BCUT2D eigenvalue weighted by atomic mass is 10.1. The van der Waals surface area contributed by atoms with Crippen LogP contribution in [-0.2, 0) is 0 Å². The van der Waals surface area contributed by atoms with Gasteiger partial charge < -0.3 is 13.9 Å². The molecule has 0 atom stereocenters. The van der Waals surface area contributed by atoms with Gasteiger partial charge in [0.15, 0.2) is 11.5 Å². The van der Waals surface area contributed by atoms with Crippen LogP contribution >= 0.6 is 0 Å². The number of hydrogen-bond donors (Lipinski definition) is 1. The highest BCUT2D eigenvalue weighted by atomic mass is 16.6. The number of allylic oxidation sites excluding steroid dienone is 3. The molecule has 1 amide bonds. The molecule has 0 bridgehead atoms. The Bertz CT molecular complexity index is 1190. The fourth-order valence-corrected chi connectivity index (χ4v) is 2.98. The van der Waals surface area contributed by atoms with Gasteiger partial charge in [0.25, 0.3) is 0 Å². The van der Waals surface area contributed by atoms with Crippen LogP contribution in [0, 0.1) is 0 Å². The summed E-state index contributed by atoms with van der Waals surface area (Å²) in [5.41, 5.74) is 1.28. The van der Waals surface area contributed by atoms with Gasteiger partial charge >= 0.3 is 11.7 Å². The first-order valence-corrected chi connectivity index (χ1v) is 9.08. The van der Waals surface area contributed by atoms with E-state index in [-0.39, 0.29) is 11.6 Å². The van der Waals surface area contributed by atoms with Gasteiger partial charge in [0.2, 0.25) is 5.89 Å². The molecule has 0 fully saturated rings. The van der Waals surface area contributed by atoms with Crippen LogP contribution in [0.2, 0.25) is 0 Å². The number of benzene rings is 2. The number of nitrogens with zero attached hydrogens (tertiary/aromatic N) is 1. The Morgan fingerprint density at radius 1 is 1.14 bits per heavy atom. The minimum Gasteiger partial charge on any atom is -0.493 e. The largest absolute Gasteiger partial charge is 0.493 e. The number of methoxy groups -OCH3 is 1. The van der Waals surface area contributed by atoms with E-state index in [0.717, 1.165) is 12.8 Å². The standard InChI is InChI=1S/C22H18N2O5/c1-27-19-13-14(20-24-17-10-6-5-9-16(17)21(25)29-20)11-12-18(19)28-22(26)23-15-7-3-2-4-8-15/h3,5-13H,2,4H2,1H3,(H,23,26). The molecule has 1 aliphatic rings. The molecular weight excluding hydrogens is 372 g/mol. The minimum atomic E-state index is -0.621. The Balaban J connectivity index is 1.60. The number of carbonyl (C=O) groups is 1. The molecule has 1 aliphatic carbocycles. The molecule has 0 saturated heterocycles. The van der Waals surface area contributed by atoms with Crippen molar-refractivity contribution in [3.63, 3.8) is 0 Å². The number of hydrogen-bond acceptors (Lipinski definition) is 6. The highest BCUT2D eigenvalue weighted by molar-refractivity contribution is 5.79. The first-order chi connectivity index (χ1) is 14.1. The third-order valence-electron chi connectivity index (χ3n) is 4.39. The maximum Gasteiger partial charge on any atom is 0.417 e. The summed E-state index contributed by atoms with van der Waals surface area (Å²) in [6.07, 6.45) is 6.94. The van der Waals surface area contributed by atoms with E-state index in [1.807, 2.05) is 18.2 Å². The maximum atomic E-state index is 12.2. The van der Waals surface area contributed by atoms with Gasteiger partial charge in [-0.15, -0.1) is 0 Å². The fraction of sp³-hybridized carbons (Fsp3) is 0.136. The van der Waals surface area contributed by atoms with Crippen molar-refractivity contribution in [3.8, 4) is 23.0 Å². The Morgan fingerprint density at radius 2 is 2.00 bits per heavy atom. The second-order valence-corrected chi connectivity index (χ2v) is 6.34. The number of aromatic nitrogens is 1. The van der Waals surface area contributed by atoms with Gasteiger partial charge in [-0.05, 0) is 49.2 Å². The average Bonchev–Trinajstić information content (AvgIpc) is 2.74. The molecule has 4 rings (SSSR count). The zero-order valence-electron chi connectivity index (χ0n) is 15.7. The van der Waals surface area contributed by atoms with Gasteiger partial charge in [0.05, 0.1) is 18.0 Å². The normalized spacial score (nSPS) is 13.1. The number of fused-ring (bicyclic) bond motifs is 1. The Kier molecular flexibility index (Phi) is 5.11. The van der Waals surface area contributed by atoms with Crippen molar-refractivity contribution in [2.45, 2.75) is 12.8 Å². The number of para-hydroxylation sites is 1.